The third kappa shape index (κ3) is 8.84. The fourth-order valence-electron chi connectivity index (χ4n) is 8.36. The molecule has 0 heterocycles. The Bertz CT molecular complexity index is 2900. The molecule has 10 aromatic carbocycles. The summed E-state index contributed by atoms with van der Waals surface area (Å²) in [6.45, 7) is 0.738. The van der Waals surface area contributed by atoms with Crippen molar-refractivity contribution in [1.29, 1.82) is 0 Å². The van der Waals surface area contributed by atoms with Gasteiger partial charge in [-0.25, -0.2) is 0 Å². The lowest BCUT2D eigenvalue weighted by Gasteiger charge is -2.27. The average Bonchev–Trinajstić information content (AvgIpc) is 3.38. The Morgan fingerprint density at radius 2 is 0.397 bits per heavy atom. The molecule has 10 rings (SSSR count). The van der Waals surface area contributed by atoms with Crippen LogP contribution in [0.3, 0.4) is 0 Å². The second-order valence-corrected chi connectivity index (χ2v) is 15.8. The lowest BCUT2D eigenvalue weighted by atomic mass is 10.0. The summed E-state index contributed by atoms with van der Waals surface area (Å²) >= 11 is 0. The fraction of sp³-hybridized carbons (Fsp3) is 0.0164. The molecule has 0 aliphatic carbocycles. The summed E-state index contributed by atoms with van der Waals surface area (Å²) < 4.78 is 0. The van der Waals surface area contributed by atoms with Gasteiger partial charge in [0.25, 0.3) is 0 Å². The van der Waals surface area contributed by atoms with Gasteiger partial charge in [0.2, 0.25) is 0 Å². The summed E-state index contributed by atoms with van der Waals surface area (Å²) in [5.74, 6) is 0. The topological polar surface area (TPSA) is 6.48 Å². The van der Waals surface area contributed by atoms with Crippen molar-refractivity contribution in [2.75, 3.05) is 9.80 Å². The molecule has 0 atom stereocenters. The average molecular weight is 807 g/mol. The number of benzene rings is 10. The highest BCUT2D eigenvalue weighted by Crippen LogP contribution is 2.39. The molecule has 0 spiro atoms. The van der Waals surface area contributed by atoms with E-state index in [0.717, 1.165) is 35.0 Å². The van der Waals surface area contributed by atoms with Gasteiger partial charge in [0.15, 0.2) is 0 Å². The highest BCUT2D eigenvalue weighted by molar-refractivity contribution is 5.81. The lowest BCUT2D eigenvalue weighted by molar-refractivity contribution is 0.976. The van der Waals surface area contributed by atoms with E-state index in [1.807, 2.05) is 0 Å². The zero-order chi connectivity index (χ0) is 42.2. The summed E-state index contributed by atoms with van der Waals surface area (Å²) in [5.41, 5.74) is 18.8. The molecule has 0 aliphatic rings. The van der Waals surface area contributed by atoms with Crippen molar-refractivity contribution in [1.82, 2.24) is 0 Å². The van der Waals surface area contributed by atoms with Crippen molar-refractivity contribution in [3.05, 3.63) is 272 Å². The van der Waals surface area contributed by atoms with Crippen LogP contribution >= 0.6 is 0 Å². The molecule has 0 bridgehead atoms. The number of rotatable bonds is 12. The second-order valence-electron chi connectivity index (χ2n) is 15.8. The summed E-state index contributed by atoms with van der Waals surface area (Å²) in [7, 11) is 0. The SMILES string of the molecule is c1ccc(-c2ccc(CN(c3ccc(-c4ccccc4)cc3)c3ccc(-c4ccc(N(c5ccc(-c6ccccc6)cc5)c5ccc(-c6ccccc6)cc5)cc4)cc3)cc2)cc1. The summed E-state index contributed by atoms with van der Waals surface area (Å²) in [5, 5.41) is 0. The van der Waals surface area contributed by atoms with Gasteiger partial charge >= 0.3 is 0 Å². The van der Waals surface area contributed by atoms with E-state index in [2.05, 4.69) is 277 Å². The maximum atomic E-state index is 2.41. The Hall–Kier alpha value is -8.20. The van der Waals surface area contributed by atoms with Crippen LogP contribution in [0.5, 0.6) is 0 Å². The summed E-state index contributed by atoms with van der Waals surface area (Å²) in [6.07, 6.45) is 0. The van der Waals surface area contributed by atoms with Crippen LogP contribution in [0, 0.1) is 0 Å². The maximum absolute atomic E-state index is 2.41. The van der Waals surface area contributed by atoms with Crippen molar-refractivity contribution in [2.24, 2.45) is 0 Å². The molecule has 0 aliphatic heterocycles. The molecular weight excluding hydrogens is 761 g/mol. The van der Waals surface area contributed by atoms with E-state index in [1.165, 1.54) is 61.2 Å². The molecule has 0 unspecified atom stereocenters. The highest BCUT2D eigenvalue weighted by atomic mass is 15.1. The number of nitrogens with zero attached hydrogens (tertiary/aromatic N) is 2. The molecule has 0 N–H and O–H groups in total. The van der Waals surface area contributed by atoms with Crippen molar-refractivity contribution in [3.8, 4) is 55.6 Å². The van der Waals surface area contributed by atoms with Gasteiger partial charge in [-0.2, -0.15) is 0 Å². The van der Waals surface area contributed by atoms with Crippen LogP contribution in [0.4, 0.5) is 28.4 Å². The van der Waals surface area contributed by atoms with Gasteiger partial charge < -0.3 is 9.80 Å². The maximum Gasteiger partial charge on any atom is 0.0481 e. The van der Waals surface area contributed by atoms with E-state index in [4.69, 9.17) is 0 Å². The van der Waals surface area contributed by atoms with Crippen molar-refractivity contribution < 1.29 is 0 Å². The number of hydrogen-bond donors (Lipinski definition) is 0. The Morgan fingerprint density at radius 1 is 0.190 bits per heavy atom. The minimum absolute atomic E-state index is 0.738. The third-order valence-corrected chi connectivity index (χ3v) is 11.8. The van der Waals surface area contributed by atoms with E-state index in [9.17, 15) is 0 Å². The second kappa shape index (κ2) is 18.2. The quantitative estimate of drug-likeness (QED) is 0.121. The Balaban J connectivity index is 0.940. The van der Waals surface area contributed by atoms with Gasteiger partial charge in [-0.3, -0.25) is 0 Å². The smallest absolute Gasteiger partial charge is 0.0481 e. The zero-order valence-electron chi connectivity index (χ0n) is 35.0. The standard InChI is InChI=1S/C61H46N2/c1-5-13-47(14-6-1)51-23-21-46(22-24-51)45-62(57-35-25-52(26-36-57)48-15-7-2-8-16-48)58-37-27-55(28-38-58)56-33-43-61(44-34-56)63(59-39-29-53(30-40-59)49-17-9-3-10-18-49)60-41-31-54(32-42-60)50-19-11-4-12-20-50/h1-44H,45H2. The van der Waals surface area contributed by atoms with E-state index < -0.39 is 0 Å². The van der Waals surface area contributed by atoms with Gasteiger partial charge in [-0.05, 0) is 122 Å². The van der Waals surface area contributed by atoms with Gasteiger partial charge in [-0.1, -0.05) is 206 Å². The van der Waals surface area contributed by atoms with Crippen molar-refractivity contribution in [3.63, 3.8) is 0 Å². The first-order valence-electron chi connectivity index (χ1n) is 21.6. The monoisotopic (exact) mass is 806 g/mol. The Labute approximate surface area is 371 Å². The first-order chi connectivity index (χ1) is 31.2. The van der Waals surface area contributed by atoms with Gasteiger partial charge in [0.1, 0.15) is 0 Å². The molecule has 0 saturated carbocycles. The third-order valence-electron chi connectivity index (χ3n) is 11.8. The largest absolute Gasteiger partial charge is 0.337 e. The molecule has 0 fully saturated rings. The first-order valence-corrected chi connectivity index (χ1v) is 21.6. The highest BCUT2D eigenvalue weighted by Gasteiger charge is 2.16. The molecule has 0 saturated heterocycles. The van der Waals surface area contributed by atoms with Crippen LogP contribution in [0.25, 0.3) is 55.6 Å². The number of hydrogen-bond acceptors (Lipinski definition) is 2. The predicted octanol–water partition coefficient (Wildman–Crippen LogP) is 16.8. The number of anilines is 5. The molecule has 0 aromatic heterocycles. The van der Waals surface area contributed by atoms with Gasteiger partial charge in [0.05, 0.1) is 0 Å². The van der Waals surface area contributed by atoms with Crippen molar-refractivity contribution >= 4 is 28.4 Å². The van der Waals surface area contributed by atoms with Crippen LogP contribution < -0.4 is 9.80 Å². The zero-order valence-corrected chi connectivity index (χ0v) is 35.0. The van der Waals surface area contributed by atoms with Crippen LogP contribution in [-0.4, -0.2) is 0 Å². The molecule has 2 heteroatoms. The Kier molecular flexibility index (Phi) is 11.3. The van der Waals surface area contributed by atoms with Gasteiger partial charge in [-0.15, -0.1) is 0 Å². The van der Waals surface area contributed by atoms with E-state index in [0.29, 0.717) is 0 Å². The predicted molar refractivity (Wildman–Crippen MR) is 267 cm³/mol. The van der Waals surface area contributed by atoms with E-state index >= 15 is 0 Å². The lowest BCUT2D eigenvalue weighted by Crippen LogP contribution is -2.16. The molecule has 0 radical (unpaired) electrons. The molecule has 300 valence electrons. The molecule has 10 aromatic rings. The van der Waals surface area contributed by atoms with Crippen LogP contribution in [0.2, 0.25) is 0 Å². The molecule has 2 nitrogen and oxygen atoms in total. The Morgan fingerprint density at radius 3 is 0.651 bits per heavy atom. The summed E-state index contributed by atoms with van der Waals surface area (Å²) in [4.78, 5) is 4.74. The van der Waals surface area contributed by atoms with E-state index in [-0.39, 0.29) is 0 Å². The van der Waals surface area contributed by atoms with Crippen LogP contribution in [0.15, 0.2) is 267 Å². The molecule has 0 amide bonds. The molecular formula is C61H46N2. The molecule has 63 heavy (non-hydrogen) atoms. The summed E-state index contributed by atoms with van der Waals surface area (Å²) in [6, 6.07) is 95.8. The van der Waals surface area contributed by atoms with E-state index in [1.54, 1.807) is 0 Å². The normalized spacial score (nSPS) is 10.9. The fourth-order valence-corrected chi connectivity index (χ4v) is 8.36. The van der Waals surface area contributed by atoms with Crippen molar-refractivity contribution in [2.45, 2.75) is 6.54 Å². The first kappa shape index (κ1) is 39.0. The minimum Gasteiger partial charge on any atom is -0.337 e. The van der Waals surface area contributed by atoms with Crippen LogP contribution in [0.1, 0.15) is 5.56 Å². The minimum atomic E-state index is 0.738. The van der Waals surface area contributed by atoms with Gasteiger partial charge in [0, 0.05) is 35.0 Å². The van der Waals surface area contributed by atoms with Crippen LogP contribution in [-0.2, 0) is 6.54 Å².